The fourth-order valence-electron chi connectivity index (χ4n) is 3.01. The van der Waals surface area contributed by atoms with Gasteiger partial charge >= 0.3 is 6.18 Å². The second kappa shape index (κ2) is 5.09. The summed E-state index contributed by atoms with van der Waals surface area (Å²) < 4.78 is 49.4. The molecule has 0 bridgehead atoms. The predicted molar refractivity (Wildman–Crippen MR) is 72.0 cm³/mol. The van der Waals surface area contributed by atoms with Gasteiger partial charge in [-0.15, -0.1) is 0 Å². The molecule has 1 aliphatic carbocycles. The molecule has 0 aromatic heterocycles. The number of hydrogen-bond donors (Lipinski definition) is 1. The zero-order valence-corrected chi connectivity index (χ0v) is 11.6. The fraction of sp³-hybridized carbons (Fsp3) is 0.600. The zero-order valence-electron chi connectivity index (χ0n) is 11.6. The highest BCUT2D eigenvalue weighted by Gasteiger charge is 2.43. The summed E-state index contributed by atoms with van der Waals surface area (Å²) >= 11 is 0. The molecule has 1 saturated heterocycles. The van der Waals surface area contributed by atoms with E-state index in [1.54, 1.807) is 0 Å². The largest absolute Gasteiger partial charge is 0.488 e. The van der Waals surface area contributed by atoms with Crippen LogP contribution in [0.2, 0.25) is 0 Å². The molecule has 1 unspecified atom stereocenters. The molecule has 116 valence electrons. The first-order valence-electron chi connectivity index (χ1n) is 7.15. The lowest BCUT2D eigenvalue weighted by molar-refractivity contribution is -0.153. The van der Waals surface area contributed by atoms with Crippen LogP contribution in [0.4, 0.5) is 18.9 Å². The van der Waals surface area contributed by atoms with E-state index in [9.17, 15) is 13.2 Å². The van der Waals surface area contributed by atoms with E-state index in [-0.39, 0.29) is 17.4 Å². The lowest BCUT2D eigenvalue weighted by atomic mass is 9.74. The van der Waals surface area contributed by atoms with Crippen molar-refractivity contribution in [2.24, 2.45) is 0 Å². The van der Waals surface area contributed by atoms with E-state index in [4.69, 9.17) is 15.2 Å². The summed E-state index contributed by atoms with van der Waals surface area (Å²) in [6.45, 7) is 0.630. The van der Waals surface area contributed by atoms with Gasteiger partial charge < -0.3 is 15.2 Å². The number of hydrogen-bond acceptors (Lipinski definition) is 3. The highest BCUT2D eigenvalue weighted by atomic mass is 19.4. The van der Waals surface area contributed by atoms with Crippen molar-refractivity contribution < 1.29 is 22.6 Å². The zero-order chi connectivity index (χ0) is 15.1. The Morgan fingerprint density at radius 1 is 1.29 bits per heavy atom. The van der Waals surface area contributed by atoms with Crippen molar-refractivity contribution in [2.45, 2.75) is 50.0 Å². The number of ether oxygens (including phenoxy) is 2. The summed E-state index contributed by atoms with van der Waals surface area (Å²) in [6.07, 6.45) is 0.328. The van der Waals surface area contributed by atoms with Gasteiger partial charge in [0, 0.05) is 12.8 Å². The second-order valence-corrected chi connectivity index (χ2v) is 5.87. The van der Waals surface area contributed by atoms with Crippen LogP contribution in [0.3, 0.4) is 0 Å². The van der Waals surface area contributed by atoms with Crippen molar-refractivity contribution in [1.29, 1.82) is 0 Å². The number of rotatable bonds is 2. The van der Waals surface area contributed by atoms with Gasteiger partial charge in [0.2, 0.25) is 0 Å². The van der Waals surface area contributed by atoms with Gasteiger partial charge in [-0.1, -0.05) is 0 Å². The predicted octanol–water partition coefficient (Wildman–Crippen LogP) is 3.77. The van der Waals surface area contributed by atoms with Crippen molar-refractivity contribution in [1.82, 2.24) is 0 Å². The van der Waals surface area contributed by atoms with Crippen LogP contribution in [0.15, 0.2) is 18.2 Å². The lowest BCUT2D eigenvalue weighted by Crippen LogP contribution is -2.48. The number of nitrogens with two attached hydrogens (primary N) is 1. The lowest BCUT2D eigenvalue weighted by Gasteiger charge is -2.46. The Hall–Kier alpha value is -1.43. The Morgan fingerprint density at radius 2 is 2.05 bits per heavy atom. The monoisotopic (exact) mass is 301 g/mol. The third-order valence-corrected chi connectivity index (χ3v) is 4.34. The van der Waals surface area contributed by atoms with E-state index in [1.807, 2.05) is 0 Å². The van der Waals surface area contributed by atoms with Crippen LogP contribution in [0.1, 0.15) is 37.7 Å². The molecule has 3 rings (SSSR count). The molecular weight excluding hydrogens is 283 g/mol. The molecular formula is C15H18F3NO2. The maximum absolute atomic E-state index is 12.6. The van der Waals surface area contributed by atoms with Gasteiger partial charge in [-0.2, -0.15) is 13.2 Å². The molecule has 0 radical (unpaired) electrons. The molecule has 1 spiro atoms. The third-order valence-electron chi connectivity index (χ3n) is 4.34. The maximum Gasteiger partial charge on any atom is 0.416 e. The number of nitrogen functional groups attached to an aromatic ring is 1. The maximum atomic E-state index is 12.6. The average Bonchev–Trinajstić information content (AvgIpc) is 2.38. The van der Waals surface area contributed by atoms with Crippen LogP contribution < -0.4 is 10.5 Å². The highest BCUT2D eigenvalue weighted by molar-refractivity contribution is 5.54. The van der Waals surface area contributed by atoms with Crippen molar-refractivity contribution >= 4 is 5.69 Å². The number of anilines is 1. The molecule has 2 N–H and O–H groups in total. The first-order chi connectivity index (χ1) is 9.88. The Labute approximate surface area is 121 Å². The fourth-order valence-corrected chi connectivity index (χ4v) is 3.01. The van der Waals surface area contributed by atoms with Crippen LogP contribution in [-0.4, -0.2) is 18.3 Å². The van der Waals surface area contributed by atoms with Gasteiger partial charge in [-0.05, 0) is 37.5 Å². The van der Waals surface area contributed by atoms with Gasteiger partial charge in [-0.25, -0.2) is 0 Å². The SMILES string of the molecule is Nc1cc(C(F)(F)F)ccc1OC1CCOC2(CCC2)C1. The van der Waals surface area contributed by atoms with E-state index < -0.39 is 11.7 Å². The minimum absolute atomic E-state index is 0.0268. The minimum Gasteiger partial charge on any atom is -0.488 e. The van der Waals surface area contributed by atoms with Crippen LogP contribution in [0.5, 0.6) is 5.75 Å². The van der Waals surface area contributed by atoms with Crippen LogP contribution in [-0.2, 0) is 10.9 Å². The molecule has 1 aliphatic heterocycles. The van der Waals surface area contributed by atoms with Crippen molar-refractivity contribution in [3.8, 4) is 5.75 Å². The number of halogens is 3. The summed E-state index contributed by atoms with van der Waals surface area (Å²) in [4.78, 5) is 0. The molecule has 0 amide bonds. The summed E-state index contributed by atoms with van der Waals surface area (Å²) in [5.41, 5.74) is 4.90. The highest BCUT2D eigenvalue weighted by Crippen LogP contribution is 2.43. The molecule has 1 saturated carbocycles. The summed E-state index contributed by atoms with van der Waals surface area (Å²) in [5, 5.41) is 0. The van der Waals surface area contributed by atoms with E-state index in [2.05, 4.69) is 0 Å². The first kappa shape index (κ1) is 14.5. The molecule has 2 fully saturated rings. The molecule has 6 heteroatoms. The van der Waals surface area contributed by atoms with E-state index in [0.29, 0.717) is 12.4 Å². The minimum atomic E-state index is -4.39. The number of alkyl halides is 3. The van der Waals surface area contributed by atoms with Gasteiger partial charge in [0.25, 0.3) is 0 Å². The third kappa shape index (κ3) is 2.95. The Balaban J connectivity index is 1.70. The Bertz CT molecular complexity index is 526. The number of benzene rings is 1. The van der Waals surface area contributed by atoms with Crippen LogP contribution in [0.25, 0.3) is 0 Å². The first-order valence-corrected chi connectivity index (χ1v) is 7.15. The topological polar surface area (TPSA) is 44.5 Å². The van der Waals surface area contributed by atoms with Crippen LogP contribution in [0, 0.1) is 0 Å². The van der Waals surface area contributed by atoms with Crippen molar-refractivity contribution in [2.75, 3.05) is 12.3 Å². The molecule has 1 aromatic rings. The van der Waals surface area contributed by atoms with E-state index in [0.717, 1.165) is 44.2 Å². The normalized spacial score (nSPS) is 24.6. The molecule has 21 heavy (non-hydrogen) atoms. The van der Waals surface area contributed by atoms with Gasteiger partial charge in [0.05, 0.1) is 23.5 Å². The Morgan fingerprint density at radius 3 is 2.62 bits per heavy atom. The molecule has 2 aliphatic rings. The standard InChI is InChI=1S/C15H18F3NO2/c16-15(17,18)10-2-3-13(12(19)8-10)21-11-4-7-20-14(9-11)5-1-6-14/h2-3,8,11H,1,4-7,9,19H2. The summed E-state index contributed by atoms with van der Waals surface area (Å²) in [7, 11) is 0. The van der Waals surface area contributed by atoms with E-state index in [1.165, 1.54) is 6.07 Å². The smallest absolute Gasteiger partial charge is 0.416 e. The molecule has 3 nitrogen and oxygen atoms in total. The summed E-state index contributed by atoms with van der Waals surface area (Å²) in [5.74, 6) is 0.323. The Kier molecular flexibility index (Phi) is 3.51. The van der Waals surface area contributed by atoms with Crippen molar-refractivity contribution in [3.63, 3.8) is 0 Å². The van der Waals surface area contributed by atoms with Crippen molar-refractivity contribution in [3.05, 3.63) is 23.8 Å². The van der Waals surface area contributed by atoms with Gasteiger partial charge in [-0.3, -0.25) is 0 Å². The van der Waals surface area contributed by atoms with Gasteiger partial charge in [0.15, 0.2) is 0 Å². The summed E-state index contributed by atoms with van der Waals surface area (Å²) in [6, 6.07) is 3.24. The molecule has 1 aromatic carbocycles. The van der Waals surface area contributed by atoms with E-state index >= 15 is 0 Å². The second-order valence-electron chi connectivity index (χ2n) is 5.87. The molecule has 1 atom stereocenters. The average molecular weight is 301 g/mol. The molecule has 1 heterocycles. The quantitative estimate of drug-likeness (QED) is 0.846. The van der Waals surface area contributed by atoms with Gasteiger partial charge in [0.1, 0.15) is 11.9 Å². The van der Waals surface area contributed by atoms with Crippen LogP contribution >= 0.6 is 0 Å².